The Morgan fingerprint density at radius 3 is 1.68 bits per heavy atom. The summed E-state index contributed by atoms with van der Waals surface area (Å²) < 4.78 is 11.2. The van der Waals surface area contributed by atoms with E-state index in [9.17, 15) is 0 Å². The van der Waals surface area contributed by atoms with Crippen molar-refractivity contribution in [3.63, 3.8) is 0 Å². The van der Waals surface area contributed by atoms with Crippen LogP contribution in [0, 0.1) is 13.8 Å². The molecule has 0 amide bonds. The zero-order chi connectivity index (χ0) is 20.4. The third kappa shape index (κ3) is 6.25. The van der Waals surface area contributed by atoms with Gasteiger partial charge in [0.05, 0.1) is 13.2 Å². The van der Waals surface area contributed by atoms with Crippen molar-refractivity contribution in [2.45, 2.75) is 52.4 Å². The van der Waals surface area contributed by atoms with E-state index in [-0.39, 0.29) is 13.2 Å². The number of aliphatic hydroxyl groups is 2. The molecule has 154 valence electrons. The molecule has 0 aromatic heterocycles. The standard InChI is InChI=1S/C24H34O4/c1-4-5-6-7-22(20-8-10-23(18(2)16-20)27-14-12-25)21-9-11-24(19(3)17-21)28-15-13-26/h8-11,16-17,22,25-26H,4-7,12-15H2,1-3H3. The molecule has 0 saturated heterocycles. The lowest BCUT2D eigenvalue weighted by atomic mass is 9.85. The van der Waals surface area contributed by atoms with Gasteiger partial charge in [0, 0.05) is 5.92 Å². The van der Waals surface area contributed by atoms with E-state index in [2.05, 4.69) is 45.0 Å². The Bertz CT molecular complexity index is 669. The van der Waals surface area contributed by atoms with Crippen molar-refractivity contribution in [3.8, 4) is 11.5 Å². The van der Waals surface area contributed by atoms with Crippen molar-refractivity contribution in [3.05, 3.63) is 58.7 Å². The number of benzene rings is 2. The SMILES string of the molecule is CCCCCC(c1ccc(OCCO)c(C)c1)c1ccc(OCCO)c(C)c1. The van der Waals surface area contributed by atoms with Gasteiger partial charge in [-0.2, -0.15) is 0 Å². The zero-order valence-corrected chi connectivity index (χ0v) is 17.4. The molecule has 2 N–H and O–H groups in total. The molecule has 0 aliphatic carbocycles. The zero-order valence-electron chi connectivity index (χ0n) is 17.4. The van der Waals surface area contributed by atoms with Gasteiger partial charge in [0.2, 0.25) is 0 Å². The fraction of sp³-hybridized carbons (Fsp3) is 0.500. The van der Waals surface area contributed by atoms with Crippen LogP contribution in [0.3, 0.4) is 0 Å². The quantitative estimate of drug-likeness (QED) is 0.517. The second-order valence-corrected chi connectivity index (χ2v) is 7.24. The Morgan fingerprint density at radius 1 is 0.786 bits per heavy atom. The number of hydrogen-bond donors (Lipinski definition) is 2. The minimum atomic E-state index is 0.0187. The molecule has 2 rings (SSSR count). The lowest BCUT2D eigenvalue weighted by Gasteiger charge is -2.21. The number of hydrogen-bond acceptors (Lipinski definition) is 4. The Hall–Kier alpha value is -2.04. The van der Waals surface area contributed by atoms with E-state index in [1.807, 2.05) is 12.1 Å². The summed E-state index contributed by atoms with van der Waals surface area (Å²) in [6.07, 6.45) is 4.71. The second kappa shape index (κ2) is 11.7. The van der Waals surface area contributed by atoms with Crippen LogP contribution in [0.4, 0.5) is 0 Å². The van der Waals surface area contributed by atoms with Gasteiger partial charge in [0.15, 0.2) is 0 Å². The highest BCUT2D eigenvalue weighted by molar-refractivity contribution is 5.44. The fourth-order valence-electron chi connectivity index (χ4n) is 3.54. The predicted octanol–water partition coefficient (Wildman–Crippen LogP) is 4.76. The smallest absolute Gasteiger partial charge is 0.122 e. The topological polar surface area (TPSA) is 58.9 Å². The molecule has 0 unspecified atom stereocenters. The summed E-state index contributed by atoms with van der Waals surface area (Å²) in [5, 5.41) is 18.0. The van der Waals surface area contributed by atoms with E-state index in [0.717, 1.165) is 29.0 Å². The van der Waals surface area contributed by atoms with Crippen molar-refractivity contribution in [2.75, 3.05) is 26.4 Å². The highest BCUT2D eigenvalue weighted by atomic mass is 16.5. The molecule has 4 heteroatoms. The second-order valence-electron chi connectivity index (χ2n) is 7.24. The molecular formula is C24H34O4. The van der Waals surface area contributed by atoms with Gasteiger partial charge in [-0.25, -0.2) is 0 Å². The average Bonchev–Trinajstić information content (AvgIpc) is 2.69. The molecular weight excluding hydrogens is 352 g/mol. The summed E-state index contributed by atoms with van der Waals surface area (Å²) in [6, 6.07) is 12.7. The monoisotopic (exact) mass is 386 g/mol. The van der Waals surface area contributed by atoms with E-state index in [4.69, 9.17) is 19.7 Å². The molecule has 28 heavy (non-hydrogen) atoms. The maximum absolute atomic E-state index is 8.98. The predicted molar refractivity (Wildman–Crippen MR) is 114 cm³/mol. The summed E-state index contributed by atoms with van der Waals surface area (Å²) in [6.45, 7) is 7.00. The van der Waals surface area contributed by atoms with Crippen LogP contribution in [0.2, 0.25) is 0 Å². The van der Waals surface area contributed by atoms with E-state index in [1.54, 1.807) is 0 Å². The molecule has 0 heterocycles. The number of ether oxygens (including phenoxy) is 2. The van der Waals surface area contributed by atoms with E-state index in [1.165, 1.54) is 30.4 Å². The van der Waals surface area contributed by atoms with Gasteiger partial charge in [-0.3, -0.25) is 0 Å². The molecule has 0 atom stereocenters. The first kappa shape index (κ1) is 22.3. The highest BCUT2D eigenvalue weighted by Gasteiger charge is 2.17. The highest BCUT2D eigenvalue weighted by Crippen LogP contribution is 2.34. The van der Waals surface area contributed by atoms with Crippen molar-refractivity contribution in [2.24, 2.45) is 0 Å². The summed E-state index contributed by atoms with van der Waals surface area (Å²) in [5.41, 5.74) is 4.75. The maximum Gasteiger partial charge on any atom is 0.122 e. The van der Waals surface area contributed by atoms with Gasteiger partial charge in [0.25, 0.3) is 0 Å². The summed E-state index contributed by atoms with van der Waals surface area (Å²) in [7, 11) is 0. The van der Waals surface area contributed by atoms with Crippen LogP contribution in [0.25, 0.3) is 0 Å². The normalized spacial score (nSPS) is 11.1. The molecule has 4 nitrogen and oxygen atoms in total. The van der Waals surface area contributed by atoms with Gasteiger partial charge in [0.1, 0.15) is 24.7 Å². The van der Waals surface area contributed by atoms with Crippen LogP contribution in [0.15, 0.2) is 36.4 Å². The van der Waals surface area contributed by atoms with Gasteiger partial charge >= 0.3 is 0 Å². The Labute approximate surface area is 169 Å². The van der Waals surface area contributed by atoms with Crippen molar-refractivity contribution in [1.82, 2.24) is 0 Å². The number of aliphatic hydroxyl groups excluding tert-OH is 2. The molecule has 0 aliphatic heterocycles. The Kier molecular flexibility index (Phi) is 9.32. The first-order valence-corrected chi connectivity index (χ1v) is 10.3. The largest absolute Gasteiger partial charge is 0.491 e. The van der Waals surface area contributed by atoms with Crippen LogP contribution in [-0.4, -0.2) is 36.6 Å². The molecule has 2 aromatic rings. The summed E-state index contributed by atoms with van der Waals surface area (Å²) in [4.78, 5) is 0. The van der Waals surface area contributed by atoms with Crippen LogP contribution < -0.4 is 9.47 Å². The van der Waals surface area contributed by atoms with E-state index < -0.39 is 0 Å². The first-order chi connectivity index (χ1) is 13.6. The molecule has 0 fully saturated rings. The van der Waals surface area contributed by atoms with Crippen molar-refractivity contribution < 1.29 is 19.7 Å². The molecule has 0 spiro atoms. The summed E-state index contributed by atoms with van der Waals surface area (Å²) in [5.74, 6) is 1.98. The van der Waals surface area contributed by atoms with Crippen LogP contribution in [0.5, 0.6) is 11.5 Å². The molecule has 0 radical (unpaired) electrons. The van der Waals surface area contributed by atoms with Gasteiger partial charge < -0.3 is 19.7 Å². The lowest BCUT2D eigenvalue weighted by molar-refractivity contribution is 0.200. The van der Waals surface area contributed by atoms with Crippen molar-refractivity contribution in [1.29, 1.82) is 0 Å². The Morgan fingerprint density at radius 2 is 1.29 bits per heavy atom. The molecule has 0 aliphatic rings. The number of rotatable bonds is 12. The molecule has 2 aromatic carbocycles. The maximum atomic E-state index is 8.98. The lowest BCUT2D eigenvalue weighted by Crippen LogP contribution is -2.06. The van der Waals surface area contributed by atoms with Crippen LogP contribution in [-0.2, 0) is 0 Å². The molecule has 0 bridgehead atoms. The first-order valence-electron chi connectivity index (χ1n) is 10.3. The van der Waals surface area contributed by atoms with E-state index >= 15 is 0 Å². The minimum absolute atomic E-state index is 0.0187. The molecule has 0 saturated carbocycles. The number of unbranched alkanes of at least 4 members (excludes halogenated alkanes) is 2. The minimum Gasteiger partial charge on any atom is -0.491 e. The van der Waals surface area contributed by atoms with Crippen LogP contribution >= 0.6 is 0 Å². The van der Waals surface area contributed by atoms with Crippen LogP contribution in [0.1, 0.15) is 60.8 Å². The third-order valence-corrected chi connectivity index (χ3v) is 5.00. The van der Waals surface area contributed by atoms with E-state index in [0.29, 0.717) is 19.1 Å². The van der Waals surface area contributed by atoms with Crippen molar-refractivity contribution >= 4 is 0 Å². The van der Waals surface area contributed by atoms with Gasteiger partial charge in [-0.1, -0.05) is 50.5 Å². The van der Waals surface area contributed by atoms with Gasteiger partial charge in [-0.05, 0) is 54.7 Å². The average molecular weight is 387 g/mol. The Balaban J connectivity index is 2.29. The number of aryl methyl sites for hydroxylation is 2. The summed E-state index contributed by atoms with van der Waals surface area (Å²) >= 11 is 0. The fourth-order valence-corrected chi connectivity index (χ4v) is 3.54. The third-order valence-electron chi connectivity index (χ3n) is 5.00. The van der Waals surface area contributed by atoms with Gasteiger partial charge in [-0.15, -0.1) is 0 Å².